The Bertz CT molecular complexity index is 508. The van der Waals surface area contributed by atoms with Crippen LogP contribution in [0.4, 0.5) is 0 Å². The lowest BCUT2D eigenvalue weighted by Gasteiger charge is -2.29. The summed E-state index contributed by atoms with van der Waals surface area (Å²) in [6.45, 7) is 6.67. The van der Waals surface area contributed by atoms with E-state index in [1.165, 1.54) is 0 Å². The molecule has 1 aliphatic rings. The molecule has 0 saturated carbocycles. The van der Waals surface area contributed by atoms with Gasteiger partial charge in [0.25, 0.3) is 0 Å². The highest BCUT2D eigenvalue weighted by atomic mass is 31.2. The zero-order valence-electron chi connectivity index (χ0n) is 13.4. The molecular weight excluding hydrogens is 295 g/mol. The maximum absolute atomic E-state index is 13.0. The molecule has 1 heterocycles. The molecule has 1 saturated heterocycles. The summed E-state index contributed by atoms with van der Waals surface area (Å²) in [5.41, 5.74) is 0.682. The number of ether oxygens (including phenoxy) is 1. The summed E-state index contributed by atoms with van der Waals surface area (Å²) in [5, 5.41) is 0. The molecule has 0 radical (unpaired) electrons. The van der Waals surface area contributed by atoms with E-state index < -0.39 is 7.37 Å². The maximum atomic E-state index is 13.0. The molecule has 1 aromatic carbocycles. The van der Waals surface area contributed by atoms with Crippen LogP contribution in [0.15, 0.2) is 43.0 Å². The van der Waals surface area contributed by atoms with Gasteiger partial charge in [0.2, 0.25) is 7.37 Å². The van der Waals surface area contributed by atoms with Gasteiger partial charge in [-0.3, -0.25) is 4.57 Å². The molecule has 2 rings (SSSR count). The predicted octanol–water partition coefficient (Wildman–Crippen LogP) is 4.61. The van der Waals surface area contributed by atoms with Crippen molar-refractivity contribution in [3.05, 3.63) is 48.6 Å². The van der Waals surface area contributed by atoms with Gasteiger partial charge in [-0.1, -0.05) is 43.3 Å². The van der Waals surface area contributed by atoms with Gasteiger partial charge < -0.3 is 9.63 Å². The Morgan fingerprint density at radius 1 is 1.45 bits per heavy atom. The van der Waals surface area contributed by atoms with Crippen LogP contribution in [-0.2, 0) is 15.5 Å². The van der Waals surface area contributed by atoms with Crippen molar-refractivity contribution in [2.45, 2.75) is 50.5 Å². The fraction of sp³-hybridized carbons (Fsp3) is 0.556. The number of benzene rings is 1. The zero-order valence-corrected chi connectivity index (χ0v) is 14.3. The van der Waals surface area contributed by atoms with Crippen LogP contribution in [0, 0.1) is 5.92 Å². The zero-order chi connectivity index (χ0) is 16.0. The van der Waals surface area contributed by atoms with E-state index in [9.17, 15) is 9.46 Å². The Labute approximate surface area is 133 Å². The quantitative estimate of drug-likeness (QED) is 0.562. The highest BCUT2D eigenvalue weighted by Gasteiger charge is 2.35. The fourth-order valence-electron chi connectivity index (χ4n) is 3.33. The van der Waals surface area contributed by atoms with Crippen LogP contribution < -0.4 is 0 Å². The fourth-order valence-corrected chi connectivity index (χ4v) is 5.69. The Hall–Kier alpha value is -0.890. The molecular formula is C18H27O3P. The molecule has 122 valence electrons. The van der Waals surface area contributed by atoms with Gasteiger partial charge in [-0.2, -0.15) is 0 Å². The average molecular weight is 322 g/mol. The largest absolute Gasteiger partial charge is 0.378 e. The van der Waals surface area contributed by atoms with Crippen LogP contribution in [-0.4, -0.2) is 23.3 Å². The van der Waals surface area contributed by atoms with E-state index in [1.807, 2.05) is 30.3 Å². The van der Waals surface area contributed by atoms with Gasteiger partial charge in [-0.15, -0.1) is 6.58 Å². The first-order valence-electron chi connectivity index (χ1n) is 8.11. The normalized spacial score (nSPS) is 23.6. The third-order valence-electron chi connectivity index (χ3n) is 4.49. The number of hydrogen-bond acceptors (Lipinski definition) is 2. The van der Waals surface area contributed by atoms with Crippen LogP contribution in [0.1, 0.15) is 38.2 Å². The summed E-state index contributed by atoms with van der Waals surface area (Å²) >= 11 is 0. The number of allylic oxidation sites excluding steroid dienone is 1. The van der Waals surface area contributed by atoms with Crippen LogP contribution in [0.5, 0.6) is 0 Å². The van der Waals surface area contributed by atoms with E-state index in [4.69, 9.17) is 4.74 Å². The molecule has 1 aliphatic heterocycles. The molecule has 0 bridgehead atoms. The molecule has 0 aliphatic carbocycles. The molecule has 4 atom stereocenters. The van der Waals surface area contributed by atoms with Crippen molar-refractivity contribution < 1.29 is 14.2 Å². The second-order valence-electron chi connectivity index (χ2n) is 6.34. The van der Waals surface area contributed by atoms with Crippen molar-refractivity contribution in [1.29, 1.82) is 0 Å². The minimum atomic E-state index is -3.28. The van der Waals surface area contributed by atoms with Gasteiger partial charge in [0.05, 0.1) is 6.10 Å². The van der Waals surface area contributed by atoms with Gasteiger partial charge in [0, 0.05) is 18.4 Å². The molecule has 0 amide bonds. The van der Waals surface area contributed by atoms with Crippen molar-refractivity contribution in [2.24, 2.45) is 5.92 Å². The van der Waals surface area contributed by atoms with E-state index in [1.54, 1.807) is 6.08 Å². The standard InChI is InChI=1S/C18H27O3P/c1-3-8-18(15(2)13-17-11-7-12-21-17)22(19,20)14-16-9-5-4-6-10-16/h3-6,9-10,15,17-18H,1,7-8,11-14H2,2H3,(H,19,20). The van der Waals surface area contributed by atoms with Crippen LogP contribution in [0.3, 0.4) is 0 Å². The molecule has 0 spiro atoms. The predicted molar refractivity (Wildman–Crippen MR) is 91.3 cm³/mol. The summed E-state index contributed by atoms with van der Waals surface area (Å²) in [6, 6.07) is 9.57. The second-order valence-corrected chi connectivity index (χ2v) is 8.83. The van der Waals surface area contributed by atoms with E-state index in [0.29, 0.717) is 6.42 Å². The number of rotatable bonds is 8. The maximum Gasteiger partial charge on any atom is 0.208 e. The van der Waals surface area contributed by atoms with Crippen molar-refractivity contribution in [3.63, 3.8) is 0 Å². The average Bonchev–Trinajstić information content (AvgIpc) is 2.98. The van der Waals surface area contributed by atoms with E-state index in [0.717, 1.165) is 31.4 Å². The van der Waals surface area contributed by atoms with Crippen LogP contribution in [0.2, 0.25) is 0 Å². The first kappa shape index (κ1) is 17.5. The Morgan fingerprint density at radius 3 is 2.77 bits per heavy atom. The third kappa shape index (κ3) is 4.81. The molecule has 1 aromatic rings. The minimum absolute atomic E-state index is 0.153. The van der Waals surface area contributed by atoms with Gasteiger partial charge in [0.1, 0.15) is 0 Å². The lowest BCUT2D eigenvalue weighted by molar-refractivity contribution is 0.0907. The summed E-state index contributed by atoms with van der Waals surface area (Å²) in [7, 11) is -3.28. The van der Waals surface area contributed by atoms with E-state index >= 15 is 0 Å². The van der Waals surface area contributed by atoms with E-state index in [2.05, 4.69) is 13.5 Å². The summed E-state index contributed by atoms with van der Waals surface area (Å²) in [4.78, 5) is 10.7. The summed E-state index contributed by atoms with van der Waals surface area (Å²) in [5.74, 6) is 0.153. The summed E-state index contributed by atoms with van der Waals surface area (Å²) in [6.07, 6.45) is 5.86. The molecule has 3 nitrogen and oxygen atoms in total. The first-order chi connectivity index (χ1) is 10.5. The van der Waals surface area contributed by atoms with Gasteiger partial charge in [-0.05, 0) is 37.2 Å². The number of hydrogen-bond donors (Lipinski definition) is 1. The van der Waals surface area contributed by atoms with Crippen molar-refractivity contribution in [2.75, 3.05) is 6.61 Å². The van der Waals surface area contributed by atoms with Crippen LogP contribution in [0.25, 0.3) is 0 Å². The monoisotopic (exact) mass is 322 g/mol. The second kappa shape index (κ2) is 8.10. The lowest BCUT2D eigenvalue weighted by atomic mass is 9.96. The highest BCUT2D eigenvalue weighted by Crippen LogP contribution is 2.54. The molecule has 4 heteroatoms. The van der Waals surface area contributed by atoms with Crippen molar-refractivity contribution in [3.8, 4) is 0 Å². The summed E-state index contributed by atoms with van der Waals surface area (Å²) < 4.78 is 18.6. The Balaban J connectivity index is 2.06. The van der Waals surface area contributed by atoms with E-state index in [-0.39, 0.29) is 23.8 Å². The van der Waals surface area contributed by atoms with Gasteiger partial charge in [-0.25, -0.2) is 0 Å². The van der Waals surface area contributed by atoms with Gasteiger partial charge in [0.15, 0.2) is 0 Å². The van der Waals surface area contributed by atoms with Crippen molar-refractivity contribution >= 4 is 7.37 Å². The van der Waals surface area contributed by atoms with Crippen molar-refractivity contribution in [1.82, 2.24) is 0 Å². The minimum Gasteiger partial charge on any atom is -0.378 e. The molecule has 22 heavy (non-hydrogen) atoms. The highest BCUT2D eigenvalue weighted by molar-refractivity contribution is 7.58. The molecule has 4 unspecified atom stereocenters. The first-order valence-corrected chi connectivity index (χ1v) is 10.0. The lowest BCUT2D eigenvalue weighted by Crippen LogP contribution is -2.23. The topological polar surface area (TPSA) is 46.5 Å². The SMILES string of the molecule is C=CCC(C(C)CC1CCCO1)P(=O)(O)Cc1ccccc1. The molecule has 1 fully saturated rings. The molecule has 1 N–H and O–H groups in total. The van der Waals surface area contributed by atoms with Gasteiger partial charge >= 0.3 is 0 Å². The third-order valence-corrected chi connectivity index (χ3v) is 7.07. The Morgan fingerprint density at radius 2 is 2.18 bits per heavy atom. The Kier molecular flexibility index (Phi) is 6.43. The van der Waals surface area contributed by atoms with Crippen LogP contribution >= 0.6 is 7.37 Å². The molecule has 0 aromatic heterocycles. The smallest absolute Gasteiger partial charge is 0.208 e.